The Labute approximate surface area is 137 Å². The molecule has 0 amide bonds. The maximum Gasteiger partial charge on any atom is 0.0649 e. The van der Waals surface area contributed by atoms with Crippen molar-refractivity contribution in [3.8, 4) is 0 Å². The maximum atomic E-state index is 5.88. The quantitative estimate of drug-likeness (QED) is 0.410. The van der Waals surface area contributed by atoms with Gasteiger partial charge in [0.2, 0.25) is 0 Å². The third kappa shape index (κ3) is 3.84. The summed E-state index contributed by atoms with van der Waals surface area (Å²) in [4.78, 5) is 1.20. The first-order valence-corrected chi connectivity index (χ1v) is 15.2. The first kappa shape index (κ1) is 18.1. The van der Waals surface area contributed by atoms with Gasteiger partial charge in [0.15, 0.2) is 0 Å². The van der Waals surface area contributed by atoms with Crippen LogP contribution in [0.5, 0.6) is 0 Å². The summed E-state index contributed by atoms with van der Waals surface area (Å²) < 4.78 is 0.0180. The molecule has 0 spiro atoms. The fourth-order valence-corrected chi connectivity index (χ4v) is 16.0. The van der Waals surface area contributed by atoms with Crippen LogP contribution in [0.25, 0.3) is 0 Å². The molecule has 20 heavy (non-hydrogen) atoms. The van der Waals surface area contributed by atoms with Crippen molar-refractivity contribution >= 4 is 45.9 Å². The van der Waals surface area contributed by atoms with Gasteiger partial charge in [-0.1, -0.05) is 81.8 Å². The molecule has 0 aliphatic carbocycles. The Morgan fingerprint density at radius 2 is 1.45 bits per heavy atom. The lowest BCUT2D eigenvalue weighted by atomic mass is 10.1. The number of benzene rings is 1. The molecule has 112 valence electrons. The molecule has 0 unspecified atom stereocenters. The minimum atomic E-state index is -1.46. The van der Waals surface area contributed by atoms with E-state index in [0.29, 0.717) is 0 Å². The second kappa shape index (κ2) is 6.47. The maximum absolute atomic E-state index is 5.88. The highest BCUT2D eigenvalue weighted by atomic mass is 32.1. The molecule has 0 N–H and O–H groups in total. The highest BCUT2D eigenvalue weighted by molar-refractivity contribution is 7.92. The van der Waals surface area contributed by atoms with E-state index in [1.807, 2.05) is 0 Å². The van der Waals surface area contributed by atoms with Gasteiger partial charge in [0, 0.05) is 8.86 Å². The van der Waals surface area contributed by atoms with E-state index in [9.17, 15) is 0 Å². The van der Waals surface area contributed by atoms with Gasteiger partial charge >= 0.3 is 0 Å². The van der Waals surface area contributed by atoms with E-state index in [-0.39, 0.29) is 3.99 Å². The van der Waals surface area contributed by atoms with Gasteiger partial charge in [0.05, 0.1) is 16.1 Å². The molecule has 1 aromatic carbocycles. The van der Waals surface area contributed by atoms with Crippen molar-refractivity contribution in [1.29, 1.82) is 0 Å². The summed E-state index contributed by atoms with van der Waals surface area (Å²) in [5.41, 5.74) is 1.37. The molecule has 0 radical (unpaired) electrons. The number of hydrogen-bond donors (Lipinski definition) is 1. The Morgan fingerprint density at radius 1 is 1.00 bits per heavy atom. The van der Waals surface area contributed by atoms with Crippen molar-refractivity contribution in [2.75, 3.05) is 0 Å². The molecule has 0 heterocycles. The van der Waals surface area contributed by atoms with Crippen LogP contribution in [0, 0.1) is 0 Å². The molecule has 0 aromatic heterocycles. The van der Waals surface area contributed by atoms with Gasteiger partial charge in [-0.3, -0.25) is 0 Å². The predicted octanol–water partition coefficient (Wildman–Crippen LogP) is 5.41. The first-order valence-electron chi connectivity index (χ1n) is 7.30. The molecule has 0 aliphatic heterocycles. The summed E-state index contributed by atoms with van der Waals surface area (Å²) in [5, 5.41) is 0. The van der Waals surface area contributed by atoms with Crippen molar-refractivity contribution in [3.05, 3.63) is 35.9 Å². The summed E-state index contributed by atoms with van der Waals surface area (Å²) in [7, 11) is -2.93. The fourth-order valence-electron chi connectivity index (χ4n) is 3.04. The van der Waals surface area contributed by atoms with Crippen LogP contribution in [0.3, 0.4) is 0 Å². The van der Waals surface area contributed by atoms with Crippen LogP contribution in [0.1, 0.15) is 12.0 Å². The second-order valence-corrected chi connectivity index (χ2v) is 20.6. The number of hydrogen-bond acceptors (Lipinski definition) is 2. The van der Waals surface area contributed by atoms with Crippen LogP contribution in [0.4, 0.5) is 0 Å². The lowest BCUT2D eigenvalue weighted by Gasteiger charge is -2.49. The van der Waals surface area contributed by atoms with Crippen LogP contribution in [-0.2, 0) is 6.42 Å². The van der Waals surface area contributed by atoms with Crippen molar-refractivity contribution in [2.45, 2.75) is 56.1 Å². The van der Waals surface area contributed by atoms with Crippen LogP contribution < -0.4 is 0 Å². The van der Waals surface area contributed by atoms with Crippen molar-refractivity contribution in [2.24, 2.45) is 0 Å². The highest BCUT2D eigenvalue weighted by Gasteiger charge is 2.52. The van der Waals surface area contributed by atoms with Crippen LogP contribution in [0.15, 0.2) is 30.3 Å². The van der Waals surface area contributed by atoms with Crippen LogP contribution >= 0.6 is 24.8 Å². The topological polar surface area (TPSA) is 0 Å². The highest BCUT2D eigenvalue weighted by Crippen LogP contribution is 2.39. The molecule has 0 atom stereocenters. The summed E-state index contributed by atoms with van der Waals surface area (Å²) in [6, 6.07) is 10.6. The average molecular weight is 341 g/mol. The molecule has 1 aromatic rings. The molecule has 0 saturated carbocycles. The Kier molecular flexibility index (Phi) is 5.87. The number of thiocarbonyl (C=S) groups is 1. The Bertz CT molecular complexity index is 442. The molecule has 4 heteroatoms. The van der Waals surface area contributed by atoms with Gasteiger partial charge in [-0.05, 0) is 18.4 Å². The van der Waals surface area contributed by atoms with Gasteiger partial charge in [-0.25, -0.2) is 0 Å². The molecule has 0 nitrogen and oxygen atoms in total. The van der Waals surface area contributed by atoms with Crippen molar-refractivity contribution in [1.82, 2.24) is 0 Å². The zero-order valence-electron chi connectivity index (χ0n) is 13.7. The van der Waals surface area contributed by atoms with Gasteiger partial charge < -0.3 is 0 Å². The number of aryl methyl sites for hydroxylation is 1. The predicted molar refractivity (Wildman–Crippen MR) is 106 cm³/mol. The van der Waals surface area contributed by atoms with E-state index >= 15 is 0 Å². The average Bonchev–Trinajstić information content (AvgIpc) is 2.33. The summed E-state index contributed by atoms with van der Waals surface area (Å²) >= 11 is 11.1. The molecule has 0 bridgehead atoms. The van der Waals surface area contributed by atoms with E-state index in [1.54, 1.807) is 0 Å². The number of rotatable bonds is 6. The smallest absolute Gasteiger partial charge is 0.0649 e. The van der Waals surface area contributed by atoms with E-state index in [0.717, 1.165) is 12.8 Å². The van der Waals surface area contributed by atoms with Crippen LogP contribution in [-0.4, -0.2) is 25.0 Å². The van der Waals surface area contributed by atoms with E-state index in [2.05, 4.69) is 69.6 Å². The summed E-state index contributed by atoms with van der Waals surface area (Å²) in [6.07, 6.45) is 2.02. The zero-order valence-corrected chi connectivity index (χ0v) is 17.4. The van der Waals surface area contributed by atoms with Crippen molar-refractivity contribution in [3.63, 3.8) is 0 Å². The second-order valence-electron chi connectivity index (χ2n) is 7.62. The Balaban J connectivity index is 2.92. The SMILES string of the molecule is C[Si](C)(C)C(S)(C(=S)CCc1ccccc1)[Si](C)(C)C. The van der Waals surface area contributed by atoms with E-state index in [4.69, 9.17) is 24.8 Å². The minimum absolute atomic E-state index is 0.0180. The first-order chi connectivity index (χ1) is 9.00. The van der Waals surface area contributed by atoms with Gasteiger partial charge in [0.1, 0.15) is 0 Å². The van der Waals surface area contributed by atoms with Gasteiger partial charge in [-0.15, -0.1) is 0 Å². The van der Waals surface area contributed by atoms with E-state index in [1.165, 1.54) is 10.4 Å². The molecular formula is C16H28S2Si2. The molecule has 1 rings (SSSR count). The summed E-state index contributed by atoms with van der Waals surface area (Å²) in [5.74, 6) is 0. The molecular weight excluding hydrogens is 312 g/mol. The third-order valence-corrected chi connectivity index (χ3v) is 18.8. The van der Waals surface area contributed by atoms with Crippen LogP contribution in [0.2, 0.25) is 39.3 Å². The standard InChI is InChI=1S/C16H28S2Si2/c1-19(2,3)16(18,20(4,5)6)15(17)13-12-14-10-8-7-9-11-14/h7-11,18H,12-13H2,1-6H3. The monoisotopic (exact) mass is 340 g/mol. The van der Waals surface area contributed by atoms with Crippen molar-refractivity contribution < 1.29 is 0 Å². The van der Waals surface area contributed by atoms with Gasteiger partial charge in [-0.2, -0.15) is 12.6 Å². The lowest BCUT2D eigenvalue weighted by molar-refractivity contribution is 1.03. The minimum Gasteiger partial charge on any atom is -0.174 e. The lowest BCUT2D eigenvalue weighted by Crippen LogP contribution is -2.66. The third-order valence-electron chi connectivity index (χ3n) is 4.06. The normalized spacial score (nSPS) is 13.3. The molecule has 0 aliphatic rings. The zero-order chi connectivity index (χ0) is 15.6. The largest absolute Gasteiger partial charge is 0.174 e. The number of thiol groups is 1. The Hall–Kier alpha value is 0.0938. The Morgan fingerprint density at radius 3 is 1.85 bits per heavy atom. The van der Waals surface area contributed by atoms with E-state index < -0.39 is 16.1 Å². The summed E-state index contributed by atoms with van der Waals surface area (Å²) in [6.45, 7) is 14.5. The van der Waals surface area contributed by atoms with Gasteiger partial charge in [0.25, 0.3) is 0 Å². The molecule has 0 saturated heterocycles. The molecule has 0 fully saturated rings. The fraction of sp³-hybridized carbons (Fsp3) is 0.562.